The average molecular weight is 369 g/mol. The third kappa shape index (κ3) is 4.94. The van der Waals surface area contributed by atoms with Gasteiger partial charge in [-0.15, -0.1) is 0 Å². The van der Waals surface area contributed by atoms with Crippen molar-refractivity contribution >= 4 is 22.8 Å². The SMILES string of the molecule is COc1ccc2c(-c3cccc(O)c3C)ccnc2c1.O=C(O)CC(=O)O. The summed E-state index contributed by atoms with van der Waals surface area (Å²) in [4.78, 5) is 23.2. The van der Waals surface area contributed by atoms with Crippen molar-refractivity contribution in [1.82, 2.24) is 4.98 Å². The summed E-state index contributed by atoms with van der Waals surface area (Å²) < 4.78 is 5.23. The number of phenols is 1. The van der Waals surface area contributed by atoms with Crippen LogP contribution in [0.2, 0.25) is 0 Å². The van der Waals surface area contributed by atoms with Crippen LogP contribution in [-0.4, -0.2) is 39.4 Å². The lowest BCUT2D eigenvalue weighted by molar-refractivity contribution is -0.147. The monoisotopic (exact) mass is 369 g/mol. The van der Waals surface area contributed by atoms with Crippen LogP contribution in [0.3, 0.4) is 0 Å². The van der Waals surface area contributed by atoms with Gasteiger partial charge >= 0.3 is 11.9 Å². The minimum Gasteiger partial charge on any atom is -0.508 e. The minimum atomic E-state index is -1.31. The lowest BCUT2D eigenvalue weighted by atomic mass is 9.97. The summed E-state index contributed by atoms with van der Waals surface area (Å²) in [5.74, 6) is -1.53. The number of nitrogens with zero attached hydrogens (tertiary/aromatic N) is 1. The first-order valence-corrected chi connectivity index (χ1v) is 7.98. The number of ether oxygens (including phenoxy) is 1. The minimum absolute atomic E-state index is 0.306. The van der Waals surface area contributed by atoms with E-state index in [0.717, 1.165) is 33.3 Å². The number of methoxy groups -OCH3 is 1. The Labute approximate surface area is 155 Å². The zero-order valence-corrected chi connectivity index (χ0v) is 14.8. The van der Waals surface area contributed by atoms with Crippen molar-refractivity contribution in [3.8, 4) is 22.6 Å². The maximum atomic E-state index is 9.88. The lowest BCUT2D eigenvalue weighted by Crippen LogP contribution is -2.03. The molecule has 0 aliphatic heterocycles. The predicted molar refractivity (Wildman–Crippen MR) is 100 cm³/mol. The Morgan fingerprint density at radius 3 is 2.33 bits per heavy atom. The molecule has 7 heteroatoms. The molecule has 140 valence electrons. The van der Waals surface area contributed by atoms with Gasteiger partial charge in [0.25, 0.3) is 0 Å². The Morgan fingerprint density at radius 2 is 1.74 bits per heavy atom. The smallest absolute Gasteiger partial charge is 0.314 e. The number of hydrogen-bond donors (Lipinski definition) is 3. The number of phenolic OH excluding ortho intramolecular Hbond substituents is 1. The summed E-state index contributed by atoms with van der Waals surface area (Å²) in [6, 6.07) is 13.4. The maximum Gasteiger partial charge on any atom is 0.314 e. The highest BCUT2D eigenvalue weighted by atomic mass is 16.5. The summed E-state index contributed by atoms with van der Waals surface area (Å²) in [6.07, 6.45) is 0.973. The van der Waals surface area contributed by atoms with Crippen LogP contribution in [0, 0.1) is 6.92 Å². The maximum absolute atomic E-state index is 9.88. The normalized spacial score (nSPS) is 10.0. The summed E-state index contributed by atoms with van der Waals surface area (Å²) in [6.45, 7) is 1.92. The second kappa shape index (κ2) is 8.66. The number of carboxylic acids is 2. The molecule has 0 unspecified atom stereocenters. The second-order valence-corrected chi connectivity index (χ2v) is 5.66. The molecule has 0 atom stereocenters. The molecule has 27 heavy (non-hydrogen) atoms. The first-order valence-electron chi connectivity index (χ1n) is 7.98. The van der Waals surface area contributed by atoms with E-state index < -0.39 is 18.4 Å². The van der Waals surface area contributed by atoms with E-state index in [-0.39, 0.29) is 0 Å². The van der Waals surface area contributed by atoms with E-state index in [1.54, 1.807) is 19.4 Å². The van der Waals surface area contributed by atoms with E-state index in [4.69, 9.17) is 14.9 Å². The highest BCUT2D eigenvalue weighted by Crippen LogP contribution is 2.34. The molecule has 3 aromatic rings. The van der Waals surface area contributed by atoms with Crippen molar-refractivity contribution < 1.29 is 29.6 Å². The van der Waals surface area contributed by atoms with Gasteiger partial charge in [0.1, 0.15) is 17.9 Å². The van der Waals surface area contributed by atoms with Gasteiger partial charge in [0.2, 0.25) is 0 Å². The second-order valence-electron chi connectivity index (χ2n) is 5.66. The molecule has 7 nitrogen and oxygen atoms in total. The fourth-order valence-corrected chi connectivity index (χ4v) is 2.53. The Morgan fingerprint density at radius 1 is 1.04 bits per heavy atom. The average Bonchev–Trinajstić information content (AvgIpc) is 2.62. The summed E-state index contributed by atoms with van der Waals surface area (Å²) in [5, 5.41) is 26.3. The fourth-order valence-electron chi connectivity index (χ4n) is 2.53. The molecular weight excluding hydrogens is 350 g/mol. The summed E-state index contributed by atoms with van der Waals surface area (Å²) >= 11 is 0. The van der Waals surface area contributed by atoms with Crippen molar-refractivity contribution in [1.29, 1.82) is 0 Å². The first kappa shape index (κ1) is 19.7. The topological polar surface area (TPSA) is 117 Å². The number of aromatic nitrogens is 1. The number of benzene rings is 2. The zero-order chi connectivity index (χ0) is 20.0. The molecule has 0 saturated heterocycles. The molecule has 0 aliphatic rings. The van der Waals surface area contributed by atoms with Crippen molar-refractivity contribution in [3.05, 3.63) is 54.2 Å². The number of aliphatic carboxylic acids is 2. The molecule has 0 amide bonds. The van der Waals surface area contributed by atoms with Crippen LogP contribution in [0.1, 0.15) is 12.0 Å². The summed E-state index contributed by atoms with van der Waals surface area (Å²) in [5.41, 5.74) is 3.83. The van der Waals surface area contributed by atoms with E-state index in [1.165, 1.54) is 0 Å². The number of pyridine rings is 1. The highest BCUT2D eigenvalue weighted by Gasteiger charge is 2.09. The third-order valence-electron chi connectivity index (χ3n) is 3.85. The zero-order valence-electron chi connectivity index (χ0n) is 14.8. The highest BCUT2D eigenvalue weighted by molar-refractivity contribution is 5.96. The molecule has 0 radical (unpaired) electrons. The van der Waals surface area contributed by atoms with E-state index in [2.05, 4.69) is 4.98 Å². The number of rotatable bonds is 4. The molecule has 1 aromatic heterocycles. The predicted octanol–water partition coefficient (Wildman–Crippen LogP) is 3.47. The van der Waals surface area contributed by atoms with E-state index in [0.29, 0.717) is 5.75 Å². The Balaban J connectivity index is 0.000000321. The van der Waals surface area contributed by atoms with Crippen LogP contribution in [0.5, 0.6) is 11.5 Å². The molecule has 0 bridgehead atoms. The van der Waals surface area contributed by atoms with E-state index in [1.807, 2.05) is 43.3 Å². The number of carbonyl (C=O) groups is 2. The van der Waals surface area contributed by atoms with Gasteiger partial charge in [-0.1, -0.05) is 12.1 Å². The van der Waals surface area contributed by atoms with E-state index >= 15 is 0 Å². The van der Waals surface area contributed by atoms with Crippen LogP contribution in [-0.2, 0) is 9.59 Å². The molecular formula is C20H19NO6. The van der Waals surface area contributed by atoms with Crippen molar-refractivity contribution in [2.24, 2.45) is 0 Å². The van der Waals surface area contributed by atoms with Gasteiger partial charge in [-0.25, -0.2) is 0 Å². The molecule has 0 spiro atoms. The molecule has 0 fully saturated rings. The number of fused-ring (bicyclic) bond motifs is 1. The van der Waals surface area contributed by atoms with Gasteiger partial charge in [0, 0.05) is 17.6 Å². The molecule has 2 aromatic carbocycles. The van der Waals surface area contributed by atoms with Crippen LogP contribution < -0.4 is 4.74 Å². The summed E-state index contributed by atoms with van der Waals surface area (Å²) in [7, 11) is 1.64. The Kier molecular flexibility index (Phi) is 6.32. The number of hydrogen-bond acceptors (Lipinski definition) is 5. The van der Waals surface area contributed by atoms with Gasteiger partial charge in [-0.05, 0) is 47.9 Å². The quantitative estimate of drug-likeness (QED) is 0.603. The largest absolute Gasteiger partial charge is 0.508 e. The standard InChI is InChI=1S/C17H15NO2.C3H4O4/c1-11-13(4-3-5-17(11)19)14-8-9-18-16-10-12(20-2)6-7-15(14)16;4-2(5)1-3(6)7/h3-10,19H,1-2H3;1H2,(H,4,5)(H,6,7). The van der Waals surface area contributed by atoms with Crippen LogP contribution in [0.15, 0.2) is 48.7 Å². The fraction of sp³-hybridized carbons (Fsp3) is 0.150. The number of aromatic hydroxyl groups is 1. The first-order chi connectivity index (χ1) is 12.8. The number of carboxylic acid groups (broad SMARTS) is 2. The molecule has 0 aliphatic carbocycles. The lowest BCUT2D eigenvalue weighted by Gasteiger charge is -2.11. The molecule has 3 N–H and O–H groups in total. The molecule has 3 rings (SSSR count). The van der Waals surface area contributed by atoms with Crippen LogP contribution >= 0.6 is 0 Å². The molecule has 0 saturated carbocycles. The van der Waals surface area contributed by atoms with Crippen molar-refractivity contribution in [2.75, 3.05) is 7.11 Å². The third-order valence-corrected chi connectivity index (χ3v) is 3.85. The van der Waals surface area contributed by atoms with Gasteiger partial charge in [-0.2, -0.15) is 0 Å². The van der Waals surface area contributed by atoms with Gasteiger partial charge in [0.15, 0.2) is 0 Å². The van der Waals surface area contributed by atoms with E-state index in [9.17, 15) is 14.7 Å². The van der Waals surface area contributed by atoms with Gasteiger partial charge < -0.3 is 20.1 Å². The van der Waals surface area contributed by atoms with Gasteiger partial charge in [-0.3, -0.25) is 14.6 Å². The molecule has 1 heterocycles. The van der Waals surface area contributed by atoms with Gasteiger partial charge in [0.05, 0.1) is 12.6 Å². The Bertz CT molecular complexity index is 971. The van der Waals surface area contributed by atoms with Crippen LogP contribution in [0.4, 0.5) is 0 Å². The van der Waals surface area contributed by atoms with Crippen LogP contribution in [0.25, 0.3) is 22.0 Å². The Hall–Kier alpha value is -3.61. The van der Waals surface area contributed by atoms with Crippen molar-refractivity contribution in [2.45, 2.75) is 13.3 Å². The van der Waals surface area contributed by atoms with Crippen molar-refractivity contribution in [3.63, 3.8) is 0 Å².